The van der Waals surface area contributed by atoms with Gasteiger partial charge >= 0.3 is 0 Å². The zero-order valence-electron chi connectivity index (χ0n) is 12.3. The fourth-order valence-corrected chi connectivity index (χ4v) is 2.41. The van der Waals surface area contributed by atoms with Crippen molar-refractivity contribution in [2.45, 2.75) is 25.7 Å². The topological polar surface area (TPSA) is 40.5 Å². The highest BCUT2D eigenvalue weighted by Gasteiger charge is 2.13. The van der Waals surface area contributed by atoms with Crippen molar-refractivity contribution in [2.24, 2.45) is 0 Å². The van der Waals surface area contributed by atoms with Gasteiger partial charge in [-0.2, -0.15) is 0 Å². The molecule has 21 heavy (non-hydrogen) atoms. The Morgan fingerprint density at radius 2 is 1.57 bits per heavy atom. The molecule has 1 amide bonds. The van der Waals surface area contributed by atoms with Crippen LogP contribution < -0.4 is 0 Å². The lowest BCUT2D eigenvalue weighted by atomic mass is 9.99. The van der Waals surface area contributed by atoms with E-state index in [0.717, 1.165) is 31.2 Å². The van der Waals surface area contributed by atoms with Gasteiger partial charge in [-0.25, -0.2) is 5.06 Å². The summed E-state index contributed by atoms with van der Waals surface area (Å²) in [7, 11) is 1.36. The number of carbonyl (C=O) groups excluding carboxylic acids is 1. The van der Waals surface area contributed by atoms with Crippen molar-refractivity contribution in [3.8, 4) is 0 Å². The minimum Gasteiger partial charge on any atom is -0.286 e. The van der Waals surface area contributed by atoms with Crippen LogP contribution in [0, 0.1) is 0 Å². The molecule has 0 saturated heterocycles. The Kier molecular flexibility index (Phi) is 5.52. The second-order valence-corrected chi connectivity index (χ2v) is 5.18. The highest BCUT2D eigenvalue weighted by Crippen LogP contribution is 2.15. The Morgan fingerprint density at radius 3 is 2.29 bits per heavy atom. The van der Waals surface area contributed by atoms with Crippen molar-refractivity contribution in [2.75, 3.05) is 7.05 Å². The first-order chi connectivity index (χ1) is 10.2. The molecule has 0 bridgehead atoms. The van der Waals surface area contributed by atoms with E-state index in [2.05, 4.69) is 24.3 Å². The molecule has 2 rings (SSSR count). The van der Waals surface area contributed by atoms with E-state index < -0.39 is 0 Å². The normalized spacial score (nSPS) is 10.4. The van der Waals surface area contributed by atoms with Gasteiger partial charge in [-0.1, -0.05) is 48.5 Å². The van der Waals surface area contributed by atoms with Crippen LogP contribution in [0.5, 0.6) is 0 Å². The molecule has 0 aliphatic rings. The molecule has 2 aromatic rings. The maximum Gasteiger partial charge on any atom is 0.277 e. The van der Waals surface area contributed by atoms with Crippen molar-refractivity contribution in [3.05, 3.63) is 71.3 Å². The van der Waals surface area contributed by atoms with Gasteiger partial charge in [-0.05, 0) is 42.9 Å². The molecular formula is C18H21NO2. The Balaban J connectivity index is 1.90. The van der Waals surface area contributed by atoms with Crippen LogP contribution in [0.2, 0.25) is 0 Å². The molecule has 0 aliphatic carbocycles. The molecule has 0 saturated carbocycles. The lowest BCUT2D eigenvalue weighted by Crippen LogP contribution is -2.23. The maximum atomic E-state index is 11.9. The number of carbonyl (C=O) groups is 1. The summed E-state index contributed by atoms with van der Waals surface area (Å²) in [5.41, 5.74) is 2.93. The fourth-order valence-electron chi connectivity index (χ4n) is 2.41. The van der Waals surface area contributed by atoms with Crippen LogP contribution in [0.4, 0.5) is 0 Å². The SMILES string of the molecule is CN(O)C(=O)c1ccccc1CCCCc1ccccc1. The summed E-state index contributed by atoms with van der Waals surface area (Å²) < 4.78 is 0. The molecule has 0 aromatic heterocycles. The van der Waals surface area contributed by atoms with Gasteiger partial charge in [-0.15, -0.1) is 0 Å². The Labute approximate surface area is 125 Å². The zero-order chi connectivity index (χ0) is 15.1. The number of hydrogen-bond acceptors (Lipinski definition) is 2. The van der Waals surface area contributed by atoms with Crippen LogP contribution in [-0.2, 0) is 12.8 Å². The zero-order valence-corrected chi connectivity index (χ0v) is 12.3. The van der Waals surface area contributed by atoms with Crippen molar-refractivity contribution in [3.63, 3.8) is 0 Å². The van der Waals surface area contributed by atoms with E-state index in [4.69, 9.17) is 0 Å². The van der Waals surface area contributed by atoms with Crippen molar-refractivity contribution >= 4 is 5.91 Å². The van der Waals surface area contributed by atoms with Crippen molar-refractivity contribution in [1.82, 2.24) is 5.06 Å². The minimum absolute atomic E-state index is 0.353. The van der Waals surface area contributed by atoms with Gasteiger partial charge in [0.25, 0.3) is 5.91 Å². The summed E-state index contributed by atoms with van der Waals surface area (Å²) in [6.45, 7) is 0. The van der Waals surface area contributed by atoms with Crippen LogP contribution in [0.1, 0.15) is 34.3 Å². The van der Waals surface area contributed by atoms with Gasteiger partial charge in [0.1, 0.15) is 0 Å². The summed E-state index contributed by atoms with van der Waals surface area (Å²) in [4.78, 5) is 11.9. The average molecular weight is 283 g/mol. The molecule has 0 unspecified atom stereocenters. The number of hydrogen-bond donors (Lipinski definition) is 1. The Morgan fingerprint density at radius 1 is 0.952 bits per heavy atom. The van der Waals surface area contributed by atoms with Crippen LogP contribution >= 0.6 is 0 Å². The maximum absolute atomic E-state index is 11.9. The van der Waals surface area contributed by atoms with E-state index in [0.29, 0.717) is 10.6 Å². The van der Waals surface area contributed by atoms with E-state index in [1.165, 1.54) is 12.6 Å². The molecular weight excluding hydrogens is 262 g/mol. The molecule has 110 valence electrons. The number of hydroxylamine groups is 2. The summed E-state index contributed by atoms with van der Waals surface area (Å²) in [6, 6.07) is 17.9. The lowest BCUT2D eigenvalue weighted by Gasteiger charge is -2.12. The summed E-state index contributed by atoms with van der Waals surface area (Å²) in [6.07, 6.45) is 4.01. The third-order valence-corrected chi connectivity index (χ3v) is 3.55. The van der Waals surface area contributed by atoms with Crippen molar-refractivity contribution in [1.29, 1.82) is 0 Å². The van der Waals surface area contributed by atoms with E-state index in [1.807, 2.05) is 24.3 Å². The number of rotatable bonds is 6. The molecule has 0 heterocycles. The van der Waals surface area contributed by atoms with E-state index >= 15 is 0 Å². The second-order valence-electron chi connectivity index (χ2n) is 5.18. The summed E-state index contributed by atoms with van der Waals surface area (Å²) in [5, 5.41) is 9.94. The van der Waals surface area contributed by atoms with Crippen LogP contribution in [0.25, 0.3) is 0 Å². The average Bonchev–Trinajstić information content (AvgIpc) is 2.52. The molecule has 0 atom stereocenters. The first kappa shape index (κ1) is 15.3. The second kappa shape index (κ2) is 7.60. The fraction of sp³-hybridized carbons (Fsp3) is 0.278. The molecule has 0 radical (unpaired) electrons. The molecule has 3 nitrogen and oxygen atoms in total. The largest absolute Gasteiger partial charge is 0.286 e. The monoisotopic (exact) mass is 283 g/mol. The predicted octanol–water partition coefficient (Wildman–Crippen LogP) is 3.71. The van der Waals surface area contributed by atoms with Gasteiger partial charge in [-0.3, -0.25) is 10.0 Å². The lowest BCUT2D eigenvalue weighted by molar-refractivity contribution is -0.0375. The number of aryl methyl sites for hydroxylation is 2. The van der Waals surface area contributed by atoms with Crippen LogP contribution in [0.15, 0.2) is 54.6 Å². The highest BCUT2D eigenvalue weighted by atomic mass is 16.5. The summed E-state index contributed by atoms with van der Waals surface area (Å²) in [5.74, 6) is -0.353. The van der Waals surface area contributed by atoms with Crippen LogP contribution in [0.3, 0.4) is 0 Å². The van der Waals surface area contributed by atoms with Gasteiger partial charge < -0.3 is 0 Å². The Bertz CT molecular complexity index is 579. The first-order valence-corrected chi connectivity index (χ1v) is 7.27. The highest BCUT2D eigenvalue weighted by molar-refractivity contribution is 5.94. The standard InChI is InChI=1S/C18H21NO2/c1-19(21)18(20)17-14-8-7-13-16(17)12-6-5-11-15-9-3-2-4-10-15/h2-4,7-10,13-14,21H,5-6,11-12H2,1H3. The minimum atomic E-state index is -0.353. The smallest absolute Gasteiger partial charge is 0.277 e. The number of nitrogens with zero attached hydrogens (tertiary/aromatic N) is 1. The molecule has 1 N–H and O–H groups in total. The quantitative estimate of drug-likeness (QED) is 0.499. The number of benzene rings is 2. The van der Waals surface area contributed by atoms with Gasteiger partial charge in [0.2, 0.25) is 0 Å². The van der Waals surface area contributed by atoms with Gasteiger partial charge in [0.15, 0.2) is 0 Å². The molecule has 0 aliphatic heterocycles. The Hall–Kier alpha value is -2.13. The number of amides is 1. The first-order valence-electron chi connectivity index (χ1n) is 7.27. The third kappa shape index (κ3) is 4.43. The molecule has 0 spiro atoms. The van der Waals surface area contributed by atoms with Crippen LogP contribution in [-0.4, -0.2) is 23.2 Å². The third-order valence-electron chi connectivity index (χ3n) is 3.55. The molecule has 2 aromatic carbocycles. The number of unbranched alkanes of at least 4 members (excludes halogenated alkanes) is 1. The predicted molar refractivity (Wildman–Crippen MR) is 83.4 cm³/mol. The summed E-state index contributed by atoms with van der Waals surface area (Å²) >= 11 is 0. The van der Waals surface area contributed by atoms with E-state index in [1.54, 1.807) is 6.07 Å². The van der Waals surface area contributed by atoms with Gasteiger partial charge in [0.05, 0.1) is 0 Å². The van der Waals surface area contributed by atoms with Crippen molar-refractivity contribution < 1.29 is 10.0 Å². The van der Waals surface area contributed by atoms with Gasteiger partial charge in [0, 0.05) is 12.6 Å². The molecule has 3 heteroatoms. The van der Waals surface area contributed by atoms with E-state index in [-0.39, 0.29) is 5.91 Å². The van der Waals surface area contributed by atoms with E-state index in [9.17, 15) is 10.0 Å². The molecule has 0 fully saturated rings.